The van der Waals surface area contributed by atoms with E-state index in [0.717, 1.165) is 4.47 Å². The van der Waals surface area contributed by atoms with Crippen molar-refractivity contribution in [2.24, 2.45) is 5.92 Å². The third-order valence-electron chi connectivity index (χ3n) is 4.82. The molecule has 1 atom stereocenters. The Morgan fingerprint density at radius 2 is 1.78 bits per heavy atom. The van der Waals surface area contributed by atoms with E-state index in [4.69, 9.17) is 0 Å². The minimum atomic E-state index is -0.341. The predicted molar refractivity (Wildman–Crippen MR) is 131 cm³/mol. The quantitative estimate of drug-likeness (QED) is 0.225. The fraction of sp³-hybridized carbons (Fsp3) is 0.250. The van der Waals surface area contributed by atoms with Gasteiger partial charge >= 0.3 is 0 Å². The van der Waals surface area contributed by atoms with Gasteiger partial charge in [0.25, 0.3) is 5.91 Å². The molecule has 1 amide bonds. The standard InChI is InChI=1S/C24H25BrN4O2S/c1-4-14-29-22(21(16(2)3)26-23(31)18-8-6-5-7-9-18)27-28-24(29)32-15-20(30)17-10-12-19(25)13-11-17/h4-13,16,21H,1,14-15H2,2-3H3,(H,26,31)/t21-/m1/s1. The number of aromatic nitrogens is 3. The predicted octanol–water partition coefficient (Wildman–Crippen LogP) is 5.33. The van der Waals surface area contributed by atoms with E-state index in [9.17, 15) is 9.59 Å². The van der Waals surface area contributed by atoms with Crippen molar-refractivity contribution in [1.82, 2.24) is 20.1 Å². The normalized spacial score (nSPS) is 11.9. The summed E-state index contributed by atoms with van der Waals surface area (Å²) in [6, 6.07) is 16.0. The molecule has 0 radical (unpaired) electrons. The highest BCUT2D eigenvalue weighted by molar-refractivity contribution is 9.10. The van der Waals surface area contributed by atoms with E-state index >= 15 is 0 Å². The highest BCUT2D eigenvalue weighted by atomic mass is 79.9. The van der Waals surface area contributed by atoms with Crippen molar-refractivity contribution >= 4 is 39.4 Å². The molecule has 0 saturated heterocycles. The number of allylic oxidation sites excluding steroid dienone is 1. The average molecular weight is 513 g/mol. The Morgan fingerprint density at radius 3 is 2.41 bits per heavy atom. The molecule has 32 heavy (non-hydrogen) atoms. The van der Waals surface area contributed by atoms with Crippen LogP contribution in [0.4, 0.5) is 0 Å². The lowest BCUT2D eigenvalue weighted by atomic mass is 10.0. The number of ketones is 1. The molecule has 166 valence electrons. The summed E-state index contributed by atoms with van der Waals surface area (Å²) in [5, 5.41) is 12.4. The molecule has 6 nitrogen and oxygen atoms in total. The number of halogens is 1. The van der Waals surface area contributed by atoms with Gasteiger partial charge in [-0.15, -0.1) is 16.8 Å². The second-order valence-corrected chi connectivity index (χ2v) is 9.38. The van der Waals surface area contributed by atoms with E-state index in [1.807, 2.05) is 48.7 Å². The summed E-state index contributed by atoms with van der Waals surface area (Å²) >= 11 is 4.71. The SMILES string of the molecule is C=CCn1c(SCC(=O)c2ccc(Br)cc2)nnc1[C@H](NC(=O)c1ccccc1)C(C)C. The number of nitrogens with one attached hydrogen (secondary N) is 1. The van der Waals surface area contributed by atoms with Crippen molar-refractivity contribution in [3.05, 3.63) is 88.7 Å². The second kappa shape index (κ2) is 11.2. The fourth-order valence-corrected chi connectivity index (χ4v) is 4.24. The molecular formula is C24H25BrN4O2S. The first kappa shape index (κ1) is 23.9. The Kier molecular flexibility index (Phi) is 8.41. The third kappa shape index (κ3) is 5.95. The lowest BCUT2D eigenvalue weighted by Gasteiger charge is -2.22. The zero-order valence-electron chi connectivity index (χ0n) is 18.0. The van der Waals surface area contributed by atoms with E-state index < -0.39 is 0 Å². The summed E-state index contributed by atoms with van der Waals surface area (Å²) in [5.41, 5.74) is 1.23. The molecule has 0 saturated carbocycles. The van der Waals surface area contributed by atoms with Gasteiger partial charge in [0.2, 0.25) is 0 Å². The number of Topliss-reactive ketones (excluding diaryl/α,β-unsaturated/α-hetero) is 1. The molecule has 0 unspecified atom stereocenters. The number of amides is 1. The number of thioether (sulfide) groups is 1. The van der Waals surface area contributed by atoms with Gasteiger partial charge in [-0.1, -0.05) is 77.9 Å². The summed E-state index contributed by atoms with van der Waals surface area (Å²) in [5.74, 6) is 0.798. The first-order valence-electron chi connectivity index (χ1n) is 10.2. The minimum absolute atomic E-state index is 0.00925. The first-order chi connectivity index (χ1) is 15.4. The van der Waals surface area contributed by atoms with E-state index in [-0.39, 0.29) is 29.4 Å². The molecular weight excluding hydrogens is 488 g/mol. The summed E-state index contributed by atoms with van der Waals surface area (Å²) in [6.07, 6.45) is 1.75. The number of hydrogen-bond acceptors (Lipinski definition) is 5. The Labute approximate surface area is 200 Å². The number of benzene rings is 2. The average Bonchev–Trinajstić information content (AvgIpc) is 3.19. The van der Waals surface area contributed by atoms with Gasteiger partial charge in [0.15, 0.2) is 16.8 Å². The highest BCUT2D eigenvalue weighted by Crippen LogP contribution is 2.26. The highest BCUT2D eigenvalue weighted by Gasteiger charge is 2.26. The lowest BCUT2D eigenvalue weighted by Crippen LogP contribution is -2.33. The Hall–Kier alpha value is -2.71. The molecule has 3 aromatic rings. The molecule has 1 heterocycles. The molecule has 0 fully saturated rings. The van der Waals surface area contributed by atoms with Gasteiger partial charge in [0.05, 0.1) is 11.8 Å². The smallest absolute Gasteiger partial charge is 0.251 e. The van der Waals surface area contributed by atoms with Crippen molar-refractivity contribution in [3.8, 4) is 0 Å². The van der Waals surface area contributed by atoms with Crippen LogP contribution in [0.15, 0.2) is 76.9 Å². The Balaban J connectivity index is 1.79. The van der Waals surface area contributed by atoms with Crippen LogP contribution in [-0.4, -0.2) is 32.2 Å². The monoisotopic (exact) mass is 512 g/mol. The van der Waals surface area contributed by atoms with Crippen LogP contribution >= 0.6 is 27.7 Å². The fourth-order valence-electron chi connectivity index (χ4n) is 3.13. The van der Waals surface area contributed by atoms with E-state index in [0.29, 0.717) is 28.7 Å². The number of rotatable bonds is 10. The maximum absolute atomic E-state index is 12.8. The van der Waals surface area contributed by atoms with Gasteiger partial charge in [0.1, 0.15) is 0 Å². The van der Waals surface area contributed by atoms with Crippen LogP contribution in [0, 0.1) is 5.92 Å². The van der Waals surface area contributed by atoms with Gasteiger partial charge in [0, 0.05) is 22.1 Å². The van der Waals surface area contributed by atoms with Crippen LogP contribution in [0.5, 0.6) is 0 Å². The third-order valence-corrected chi connectivity index (χ3v) is 6.32. The van der Waals surface area contributed by atoms with Crippen molar-refractivity contribution in [3.63, 3.8) is 0 Å². The van der Waals surface area contributed by atoms with Crippen molar-refractivity contribution in [1.29, 1.82) is 0 Å². The van der Waals surface area contributed by atoms with Crippen molar-refractivity contribution in [2.75, 3.05) is 5.75 Å². The molecule has 0 bridgehead atoms. The maximum Gasteiger partial charge on any atom is 0.251 e. The summed E-state index contributed by atoms with van der Waals surface area (Å²) < 4.78 is 2.83. The van der Waals surface area contributed by atoms with Crippen LogP contribution < -0.4 is 5.32 Å². The first-order valence-corrected chi connectivity index (χ1v) is 12.0. The minimum Gasteiger partial charge on any atom is -0.342 e. The maximum atomic E-state index is 12.8. The van der Waals surface area contributed by atoms with Crippen LogP contribution in [0.1, 0.15) is 46.4 Å². The van der Waals surface area contributed by atoms with E-state index in [1.54, 1.807) is 30.3 Å². The molecule has 3 rings (SSSR count). The van der Waals surface area contributed by atoms with Gasteiger partial charge < -0.3 is 9.88 Å². The zero-order valence-corrected chi connectivity index (χ0v) is 20.4. The molecule has 0 spiro atoms. The van der Waals surface area contributed by atoms with Crippen molar-refractivity contribution in [2.45, 2.75) is 31.6 Å². The summed E-state index contributed by atoms with van der Waals surface area (Å²) in [4.78, 5) is 25.3. The molecule has 8 heteroatoms. The van der Waals surface area contributed by atoms with Crippen molar-refractivity contribution < 1.29 is 9.59 Å². The number of nitrogens with zero attached hydrogens (tertiary/aromatic N) is 3. The molecule has 1 aromatic heterocycles. The van der Waals surface area contributed by atoms with Crippen LogP contribution in [0.2, 0.25) is 0 Å². The number of hydrogen-bond donors (Lipinski definition) is 1. The Bertz CT molecular complexity index is 1080. The van der Waals surface area contributed by atoms with Gasteiger partial charge in [-0.05, 0) is 30.2 Å². The topological polar surface area (TPSA) is 76.9 Å². The molecule has 0 aliphatic rings. The summed E-state index contributed by atoms with van der Waals surface area (Å²) in [6.45, 7) is 8.35. The largest absolute Gasteiger partial charge is 0.342 e. The molecule has 0 aliphatic heterocycles. The molecule has 1 N–H and O–H groups in total. The zero-order chi connectivity index (χ0) is 23.1. The van der Waals surface area contributed by atoms with E-state index in [2.05, 4.69) is 38.0 Å². The second-order valence-electron chi connectivity index (χ2n) is 7.52. The molecule has 2 aromatic carbocycles. The summed E-state index contributed by atoms with van der Waals surface area (Å²) in [7, 11) is 0. The number of carbonyl (C=O) groups is 2. The molecule has 0 aliphatic carbocycles. The van der Waals surface area contributed by atoms with Crippen LogP contribution in [0.3, 0.4) is 0 Å². The van der Waals surface area contributed by atoms with Gasteiger partial charge in [-0.2, -0.15) is 0 Å². The van der Waals surface area contributed by atoms with Crippen LogP contribution in [0.25, 0.3) is 0 Å². The lowest BCUT2D eigenvalue weighted by molar-refractivity contribution is 0.0921. The Morgan fingerprint density at radius 1 is 1.09 bits per heavy atom. The number of carbonyl (C=O) groups excluding carboxylic acids is 2. The van der Waals surface area contributed by atoms with E-state index in [1.165, 1.54) is 11.8 Å². The van der Waals surface area contributed by atoms with Gasteiger partial charge in [-0.25, -0.2) is 0 Å². The van der Waals surface area contributed by atoms with Gasteiger partial charge in [-0.3, -0.25) is 9.59 Å². The van der Waals surface area contributed by atoms with Crippen LogP contribution in [-0.2, 0) is 6.54 Å².